The third kappa shape index (κ3) is 2.84. The summed E-state index contributed by atoms with van der Waals surface area (Å²) in [4.78, 5) is 4.46. The molecule has 3 aromatic heterocycles. The van der Waals surface area contributed by atoms with Gasteiger partial charge in [-0.3, -0.25) is 0 Å². The van der Waals surface area contributed by atoms with Crippen molar-refractivity contribution in [1.82, 2.24) is 30.1 Å². The lowest BCUT2D eigenvalue weighted by Gasteiger charge is -2.13. The molecule has 1 N–H and O–H groups in total. The number of imidazole rings is 1. The van der Waals surface area contributed by atoms with Crippen LogP contribution in [0.1, 0.15) is 23.4 Å². The normalized spacial score (nSPS) is 14.6. The number of aromatic nitrogens is 5. The van der Waals surface area contributed by atoms with Crippen molar-refractivity contribution in [3.8, 4) is 11.3 Å². The van der Waals surface area contributed by atoms with Crippen molar-refractivity contribution < 1.29 is 4.39 Å². The highest BCUT2D eigenvalue weighted by molar-refractivity contribution is 5.86. The molecule has 1 aliphatic rings. The van der Waals surface area contributed by atoms with E-state index in [9.17, 15) is 4.39 Å². The first kappa shape index (κ1) is 16.9. The number of nitrogens with one attached hydrogen (secondary N) is 1. The number of benzene rings is 1. The molecule has 0 bridgehead atoms. The zero-order valence-corrected chi connectivity index (χ0v) is 15.7. The molecule has 6 nitrogen and oxygen atoms in total. The Hall–Kier alpha value is -3.19. The van der Waals surface area contributed by atoms with Crippen LogP contribution >= 0.6 is 0 Å². The van der Waals surface area contributed by atoms with Gasteiger partial charge in [-0.2, -0.15) is 10.2 Å². The fraction of sp³-hybridized carbons (Fsp3) is 0.238. The Morgan fingerprint density at radius 1 is 1.07 bits per heavy atom. The molecule has 0 saturated carbocycles. The maximum Gasteiger partial charge on any atom is 0.156 e. The zero-order valence-electron chi connectivity index (χ0n) is 15.7. The van der Waals surface area contributed by atoms with Gasteiger partial charge in [-0.25, -0.2) is 13.9 Å². The topological polar surface area (TPSA) is 68.0 Å². The molecule has 0 spiro atoms. The summed E-state index contributed by atoms with van der Waals surface area (Å²) in [5.41, 5.74) is 6.40. The van der Waals surface area contributed by atoms with Gasteiger partial charge in [0.1, 0.15) is 5.82 Å². The molecule has 0 fully saturated rings. The molecule has 0 radical (unpaired) electrons. The molecule has 7 heteroatoms. The van der Waals surface area contributed by atoms with Crippen LogP contribution in [0.15, 0.2) is 36.5 Å². The second-order valence-corrected chi connectivity index (χ2v) is 7.17. The van der Waals surface area contributed by atoms with E-state index < -0.39 is 0 Å². The van der Waals surface area contributed by atoms with Crippen LogP contribution in [-0.2, 0) is 0 Å². The zero-order chi connectivity index (χ0) is 19.3. The van der Waals surface area contributed by atoms with Gasteiger partial charge in [0.2, 0.25) is 0 Å². The van der Waals surface area contributed by atoms with Gasteiger partial charge in [-0.1, -0.05) is 6.08 Å². The van der Waals surface area contributed by atoms with E-state index in [2.05, 4.69) is 31.7 Å². The van der Waals surface area contributed by atoms with Crippen LogP contribution in [0.4, 0.5) is 4.39 Å². The molecular formula is C21H19FN6. The number of hydrogen-bond donors (Lipinski definition) is 1. The number of nitrogens with zero attached hydrogens (tertiary/aromatic N) is 5. The van der Waals surface area contributed by atoms with Gasteiger partial charge >= 0.3 is 0 Å². The summed E-state index contributed by atoms with van der Waals surface area (Å²) in [5, 5.41) is 17.0. The molecule has 0 aliphatic carbocycles. The van der Waals surface area contributed by atoms with Crippen molar-refractivity contribution in [2.24, 2.45) is 0 Å². The Morgan fingerprint density at radius 2 is 1.96 bits per heavy atom. The highest BCUT2D eigenvalue weighted by Gasteiger charge is 2.14. The quantitative estimate of drug-likeness (QED) is 0.582. The van der Waals surface area contributed by atoms with Gasteiger partial charge in [-0.15, -0.1) is 5.10 Å². The first-order valence-electron chi connectivity index (χ1n) is 9.29. The summed E-state index contributed by atoms with van der Waals surface area (Å²) in [5.74, 6) is -0.320. The lowest BCUT2D eigenvalue weighted by molar-refractivity contribution is 0.639. The highest BCUT2D eigenvalue weighted by atomic mass is 19.1. The number of halogens is 1. The van der Waals surface area contributed by atoms with Gasteiger partial charge in [0.15, 0.2) is 5.65 Å². The largest absolute Gasteiger partial charge is 0.313 e. The first-order valence-corrected chi connectivity index (χ1v) is 9.29. The minimum atomic E-state index is -0.320. The SMILES string of the molecule is Cc1cn2nc(-c3cc(F)c4cc(C5=CCNCC5)nnc4c3)cc(C)c2n1. The fourth-order valence-electron chi connectivity index (χ4n) is 3.65. The third-order valence-corrected chi connectivity index (χ3v) is 5.07. The summed E-state index contributed by atoms with van der Waals surface area (Å²) in [7, 11) is 0. The molecule has 5 rings (SSSR count). The van der Waals surface area contributed by atoms with E-state index in [0.29, 0.717) is 22.2 Å². The predicted octanol–water partition coefficient (Wildman–Crippen LogP) is 3.47. The van der Waals surface area contributed by atoms with Gasteiger partial charge in [-0.05, 0) is 62.2 Å². The van der Waals surface area contributed by atoms with E-state index in [1.807, 2.05) is 32.2 Å². The molecule has 0 amide bonds. The van der Waals surface area contributed by atoms with Crippen molar-refractivity contribution in [3.05, 3.63) is 59.3 Å². The molecule has 0 atom stereocenters. The van der Waals surface area contributed by atoms with Gasteiger partial charge in [0.05, 0.1) is 28.8 Å². The number of rotatable bonds is 2. The number of aryl methyl sites for hydroxylation is 2. The minimum Gasteiger partial charge on any atom is -0.313 e. The summed E-state index contributed by atoms with van der Waals surface area (Å²) in [6.07, 6.45) is 4.82. The van der Waals surface area contributed by atoms with Gasteiger partial charge < -0.3 is 5.32 Å². The van der Waals surface area contributed by atoms with Crippen LogP contribution in [0.2, 0.25) is 0 Å². The van der Waals surface area contributed by atoms with Crippen molar-refractivity contribution in [2.75, 3.05) is 13.1 Å². The van der Waals surface area contributed by atoms with Gasteiger partial charge in [0.25, 0.3) is 0 Å². The Labute approximate surface area is 161 Å². The van der Waals surface area contributed by atoms with Crippen LogP contribution in [0.25, 0.3) is 33.4 Å². The standard InChI is InChI=1S/C21H19FN6/c1-12-7-19(27-28-11-13(2)24-21(12)28)15-8-17(22)16-10-18(25-26-20(16)9-15)14-3-5-23-6-4-14/h3,7-11,23H,4-6H2,1-2H3. The Balaban J connectivity index is 1.62. The summed E-state index contributed by atoms with van der Waals surface area (Å²) in [6, 6.07) is 7.06. The number of hydrogen-bond acceptors (Lipinski definition) is 5. The Morgan fingerprint density at radius 3 is 2.79 bits per heavy atom. The molecule has 0 unspecified atom stereocenters. The fourth-order valence-corrected chi connectivity index (χ4v) is 3.65. The molecule has 4 heterocycles. The minimum absolute atomic E-state index is 0.320. The molecule has 1 aromatic carbocycles. The first-order chi connectivity index (χ1) is 13.6. The van der Waals surface area contributed by atoms with Crippen molar-refractivity contribution >= 4 is 22.1 Å². The average Bonchev–Trinajstić information content (AvgIpc) is 3.09. The van der Waals surface area contributed by atoms with E-state index in [0.717, 1.165) is 47.7 Å². The lowest BCUT2D eigenvalue weighted by atomic mass is 10.0. The Kier molecular flexibility index (Phi) is 3.91. The van der Waals surface area contributed by atoms with E-state index in [4.69, 9.17) is 0 Å². The number of fused-ring (bicyclic) bond motifs is 2. The van der Waals surface area contributed by atoms with Crippen molar-refractivity contribution in [3.63, 3.8) is 0 Å². The van der Waals surface area contributed by atoms with E-state index in [1.54, 1.807) is 10.6 Å². The van der Waals surface area contributed by atoms with Crippen LogP contribution < -0.4 is 5.32 Å². The monoisotopic (exact) mass is 374 g/mol. The van der Waals surface area contributed by atoms with Crippen molar-refractivity contribution in [1.29, 1.82) is 0 Å². The lowest BCUT2D eigenvalue weighted by Crippen LogP contribution is -2.20. The molecule has 1 aliphatic heterocycles. The highest BCUT2D eigenvalue weighted by Crippen LogP contribution is 2.28. The summed E-state index contributed by atoms with van der Waals surface area (Å²) in [6.45, 7) is 5.60. The molecule has 0 saturated heterocycles. The van der Waals surface area contributed by atoms with Crippen LogP contribution in [0, 0.1) is 19.7 Å². The van der Waals surface area contributed by atoms with Gasteiger partial charge in [0, 0.05) is 17.5 Å². The molecule has 28 heavy (non-hydrogen) atoms. The summed E-state index contributed by atoms with van der Waals surface area (Å²) >= 11 is 0. The molecular weight excluding hydrogens is 355 g/mol. The molecule has 4 aromatic rings. The van der Waals surface area contributed by atoms with E-state index in [1.165, 1.54) is 6.07 Å². The average molecular weight is 374 g/mol. The smallest absolute Gasteiger partial charge is 0.156 e. The maximum atomic E-state index is 15.0. The Bertz CT molecular complexity index is 1260. The second kappa shape index (κ2) is 6.45. The van der Waals surface area contributed by atoms with Crippen LogP contribution in [-0.4, -0.2) is 37.9 Å². The molecule has 140 valence electrons. The van der Waals surface area contributed by atoms with Crippen molar-refractivity contribution in [2.45, 2.75) is 20.3 Å². The van der Waals surface area contributed by atoms with E-state index in [-0.39, 0.29) is 5.82 Å². The predicted molar refractivity (Wildman–Crippen MR) is 106 cm³/mol. The van der Waals surface area contributed by atoms with Crippen LogP contribution in [0.3, 0.4) is 0 Å². The maximum absolute atomic E-state index is 15.0. The third-order valence-electron chi connectivity index (χ3n) is 5.07. The summed E-state index contributed by atoms with van der Waals surface area (Å²) < 4.78 is 16.7. The second-order valence-electron chi connectivity index (χ2n) is 7.17. The van der Waals surface area contributed by atoms with Crippen LogP contribution in [0.5, 0.6) is 0 Å². The van der Waals surface area contributed by atoms with E-state index >= 15 is 0 Å².